The maximum atomic E-state index is 13.0. The molecule has 1 fully saturated rings. The number of benzene rings is 2. The van der Waals surface area contributed by atoms with Crippen molar-refractivity contribution in [2.24, 2.45) is 0 Å². The Balaban J connectivity index is 1.12. The smallest absolute Gasteiger partial charge is 0.253 e. The van der Waals surface area contributed by atoms with E-state index in [-0.39, 0.29) is 17.9 Å². The first-order chi connectivity index (χ1) is 17.1. The fourth-order valence-corrected chi connectivity index (χ4v) is 4.39. The van der Waals surface area contributed by atoms with Gasteiger partial charge in [-0.2, -0.15) is 0 Å². The molecule has 7 nitrogen and oxygen atoms in total. The second-order valence-electron chi connectivity index (χ2n) is 8.87. The van der Waals surface area contributed by atoms with Crippen molar-refractivity contribution in [3.05, 3.63) is 102 Å². The van der Waals surface area contributed by atoms with Crippen molar-refractivity contribution in [2.75, 3.05) is 13.1 Å². The molecule has 0 aliphatic carbocycles. The zero-order valence-electron chi connectivity index (χ0n) is 19.7. The number of imidazole rings is 1. The van der Waals surface area contributed by atoms with Gasteiger partial charge >= 0.3 is 0 Å². The monoisotopic (exact) mass is 468 g/mol. The van der Waals surface area contributed by atoms with Gasteiger partial charge in [0.1, 0.15) is 18.0 Å². The van der Waals surface area contributed by atoms with E-state index >= 15 is 0 Å². The number of carbonyl (C=O) groups is 2. The number of rotatable bonds is 6. The number of nitrogens with zero attached hydrogens (tertiary/aromatic N) is 3. The Morgan fingerprint density at radius 3 is 2.43 bits per heavy atom. The normalized spacial score (nSPS) is 14.1. The maximum Gasteiger partial charge on any atom is 0.253 e. The quantitative estimate of drug-likeness (QED) is 0.459. The summed E-state index contributed by atoms with van der Waals surface area (Å²) < 4.78 is 7.88. The van der Waals surface area contributed by atoms with E-state index in [1.807, 2.05) is 71.1 Å². The number of fused-ring (bicyclic) bond motifs is 1. The summed E-state index contributed by atoms with van der Waals surface area (Å²) in [6.07, 6.45) is 5.42. The van der Waals surface area contributed by atoms with Gasteiger partial charge in [0.15, 0.2) is 0 Å². The molecule has 178 valence electrons. The number of aryl methyl sites for hydroxylation is 1. The molecule has 1 saturated heterocycles. The van der Waals surface area contributed by atoms with E-state index in [0.29, 0.717) is 36.6 Å². The third kappa shape index (κ3) is 5.19. The predicted molar refractivity (Wildman–Crippen MR) is 134 cm³/mol. The molecule has 0 spiro atoms. The number of carbonyl (C=O) groups excluding carboxylic acids is 2. The molecule has 1 aliphatic heterocycles. The highest BCUT2D eigenvalue weighted by molar-refractivity contribution is 5.95. The summed E-state index contributed by atoms with van der Waals surface area (Å²) >= 11 is 0. The Morgan fingerprint density at radius 2 is 1.71 bits per heavy atom. The predicted octanol–water partition coefficient (Wildman–Crippen LogP) is 4.26. The Bertz CT molecular complexity index is 1320. The lowest BCUT2D eigenvalue weighted by Gasteiger charge is -2.32. The molecular weight excluding hydrogens is 440 g/mol. The highest BCUT2D eigenvalue weighted by Crippen LogP contribution is 2.19. The SMILES string of the molecule is Cc1cccn2cc(COc3ccc(C(=O)N4CCC(NC(=O)c5ccccc5)CC4)cc3)nc12. The number of pyridine rings is 1. The van der Waals surface area contributed by atoms with Gasteiger partial charge in [-0.3, -0.25) is 9.59 Å². The molecule has 3 heterocycles. The largest absolute Gasteiger partial charge is 0.487 e. The first-order valence-corrected chi connectivity index (χ1v) is 11.9. The van der Waals surface area contributed by atoms with Gasteiger partial charge in [-0.05, 0) is 67.8 Å². The van der Waals surface area contributed by atoms with Crippen LogP contribution >= 0.6 is 0 Å². The molecule has 0 atom stereocenters. The van der Waals surface area contributed by atoms with E-state index in [9.17, 15) is 9.59 Å². The van der Waals surface area contributed by atoms with Crippen LogP contribution in [0.3, 0.4) is 0 Å². The number of aromatic nitrogens is 2. The Kier molecular flexibility index (Phi) is 6.48. The van der Waals surface area contributed by atoms with E-state index in [0.717, 1.165) is 29.7 Å². The van der Waals surface area contributed by atoms with Crippen LogP contribution in [0.2, 0.25) is 0 Å². The summed E-state index contributed by atoms with van der Waals surface area (Å²) in [4.78, 5) is 31.8. The van der Waals surface area contributed by atoms with Crippen LogP contribution in [-0.4, -0.2) is 45.2 Å². The average Bonchev–Trinajstić information content (AvgIpc) is 3.33. The Labute approximate surface area is 204 Å². The molecule has 5 rings (SSSR count). The third-order valence-electron chi connectivity index (χ3n) is 6.37. The molecule has 0 saturated carbocycles. The molecule has 7 heteroatoms. The van der Waals surface area contributed by atoms with Gasteiger partial charge in [-0.15, -0.1) is 0 Å². The molecule has 1 aliphatic rings. The maximum absolute atomic E-state index is 13.0. The van der Waals surface area contributed by atoms with E-state index < -0.39 is 0 Å². The minimum atomic E-state index is -0.0651. The number of nitrogens with one attached hydrogen (secondary N) is 1. The van der Waals surface area contributed by atoms with Crippen molar-refractivity contribution in [1.29, 1.82) is 0 Å². The summed E-state index contributed by atoms with van der Waals surface area (Å²) in [5, 5.41) is 3.08. The van der Waals surface area contributed by atoms with Gasteiger partial charge in [0.05, 0.1) is 5.69 Å². The second kappa shape index (κ2) is 10.0. The Morgan fingerprint density at radius 1 is 0.971 bits per heavy atom. The van der Waals surface area contributed by atoms with Crippen molar-refractivity contribution in [2.45, 2.75) is 32.4 Å². The van der Waals surface area contributed by atoms with Crippen molar-refractivity contribution < 1.29 is 14.3 Å². The number of likely N-dealkylation sites (tertiary alicyclic amines) is 1. The molecule has 2 aromatic heterocycles. The Hall–Kier alpha value is -4.13. The molecule has 0 unspecified atom stereocenters. The molecule has 35 heavy (non-hydrogen) atoms. The number of hydrogen-bond acceptors (Lipinski definition) is 4. The molecule has 0 radical (unpaired) electrons. The fourth-order valence-electron chi connectivity index (χ4n) is 4.39. The van der Waals surface area contributed by atoms with Crippen LogP contribution in [0.15, 0.2) is 79.1 Å². The van der Waals surface area contributed by atoms with Crippen LogP contribution in [0.1, 0.15) is 44.8 Å². The number of amides is 2. The van der Waals surface area contributed by atoms with Crippen LogP contribution in [0.5, 0.6) is 5.75 Å². The average molecular weight is 469 g/mol. The van der Waals surface area contributed by atoms with E-state index in [1.165, 1.54) is 0 Å². The molecule has 2 aromatic carbocycles. The van der Waals surface area contributed by atoms with Gasteiger partial charge in [-0.1, -0.05) is 24.3 Å². The molecule has 4 aromatic rings. The minimum Gasteiger partial charge on any atom is -0.487 e. The first kappa shape index (κ1) is 22.7. The highest BCUT2D eigenvalue weighted by Gasteiger charge is 2.25. The topological polar surface area (TPSA) is 75.9 Å². The van der Waals surface area contributed by atoms with Crippen molar-refractivity contribution in [1.82, 2.24) is 19.6 Å². The summed E-state index contributed by atoms with van der Waals surface area (Å²) in [5.41, 5.74) is 4.18. The van der Waals surface area contributed by atoms with Crippen LogP contribution < -0.4 is 10.1 Å². The van der Waals surface area contributed by atoms with Gasteiger partial charge in [0.2, 0.25) is 0 Å². The summed E-state index contributed by atoms with van der Waals surface area (Å²) in [6, 6.07) is 20.6. The lowest BCUT2D eigenvalue weighted by atomic mass is 10.0. The number of ether oxygens (including phenoxy) is 1. The molecule has 2 amide bonds. The standard InChI is InChI=1S/C28H28N4O3/c1-20-6-5-15-32-18-24(29-26(20)32)19-35-25-11-9-22(10-12-25)28(34)31-16-13-23(14-17-31)30-27(33)21-7-3-2-4-8-21/h2-12,15,18,23H,13-14,16-17,19H2,1H3,(H,30,33). The molecule has 0 bridgehead atoms. The van der Waals surface area contributed by atoms with Crippen LogP contribution in [0, 0.1) is 6.92 Å². The summed E-state index contributed by atoms with van der Waals surface area (Å²) in [7, 11) is 0. The van der Waals surface area contributed by atoms with Crippen LogP contribution in [0.4, 0.5) is 0 Å². The number of hydrogen-bond donors (Lipinski definition) is 1. The number of piperidine rings is 1. The van der Waals surface area contributed by atoms with Crippen LogP contribution in [0.25, 0.3) is 5.65 Å². The second-order valence-corrected chi connectivity index (χ2v) is 8.87. The minimum absolute atomic E-state index is 0.000196. The van der Waals surface area contributed by atoms with Crippen LogP contribution in [-0.2, 0) is 6.61 Å². The molecule has 1 N–H and O–H groups in total. The zero-order chi connectivity index (χ0) is 24.2. The van der Waals surface area contributed by atoms with E-state index in [1.54, 1.807) is 24.3 Å². The molecular formula is C28H28N4O3. The van der Waals surface area contributed by atoms with Gasteiger partial charge in [0.25, 0.3) is 11.8 Å². The van der Waals surface area contributed by atoms with Crippen molar-refractivity contribution >= 4 is 17.5 Å². The lowest BCUT2D eigenvalue weighted by molar-refractivity contribution is 0.0698. The van der Waals surface area contributed by atoms with Crippen molar-refractivity contribution in [3.63, 3.8) is 0 Å². The van der Waals surface area contributed by atoms with Crippen molar-refractivity contribution in [3.8, 4) is 5.75 Å². The summed E-state index contributed by atoms with van der Waals surface area (Å²) in [5.74, 6) is 0.627. The van der Waals surface area contributed by atoms with E-state index in [2.05, 4.69) is 10.3 Å². The van der Waals surface area contributed by atoms with Gasteiger partial charge < -0.3 is 19.4 Å². The fraction of sp³-hybridized carbons (Fsp3) is 0.250. The van der Waals surface area contributed by atoms with E-state index in [4.69, 9.17) is 4.74 Å². The zero-order valence-corrected chi connectivity index (χ0v) is 19.7. The third-order valence-corrected chi connectivity index (χ3v) is 6.37. The summed E-state index contributed by atoms with van der Waals surface area (Å²) in [6.45, 7) is 3.62. The van der Waals surface area contributed by atoms with Gasteiger partial charge in [0, 0.05) is 42.7 Å². The first-order valence-electron chi connectivity index (χ1n) is 11.9. The highest BCUT2D eigenvalue weighted by atomic mass is 16.5. The lowest BCUT2D eigenvalue weighted by Crippen LogP contribution is -2.46. The van der Waals surface area contributed by atoms with Gasteiger partial charge in [-0.25, -0.2) is 4.98 Å².